The van der Waals surface area contributed by atoms with E-state index in [9.17, 15) is 15.0 Å². The minimum Gasteiger partial charge on any atom is -0.444 e. The highest BCUT2D eigenvalue weighted by atomic mass is 16.6. The Balaban J connectivity index is 2.50. The van der Waals surface area contributed by atoms with Crippen molar-refractivity contribution in [2.45, 2.75) is 38.6 Å². The van der Waals surface area contributed by atoms with Crippen LogP contribution in [0.3, 0.4) is 0 Å². The number of rotatable bonds is 4. The lowest BCUT2D eigenvalue weighted by atomic mass is 10.1. The van der Waals surface area contributed by atoms with Crippen molar-refractivity contribution in [1.82, 2.24) is 10.3 Å². The Morgan fingerprint density at radius 1 is 1.45 bits per heavy atom. The molecule has 20 heavy (non-hydrogen) atoms. The van der Waals surface area contributed by atoms with Crippen molar-refractivity contribution in [2.24, 2.45) is 0 Å². The van der Waals surface area contributed by atoms with Crippen LogP contribution in [0.1, 0.15) is 32.6 Å². The maximum Gasteiger partial charge on any atom is 0.407 e. The predicted molar refractivity (Wildman–Crippen MR) is 73.9 cm³/mol. The van der Waals surface area contributed by atoms with Crippen molar-refractivity contribution in [3.63, 3.8) is 0 Å². The number of carbonyl (C=O) groups excluding carboxylic acids is 1. The fraction of sp³-hybridized carbons (Fsp3) is 0.538. The lowest BCUT2D eigenvalue weighted by Crippen LogP contribution is -2.39. The molecule has 0 fully saturated rings. The number of nitrogens with one attached hydrogen (secondary N) is 1. The van der Waals surface area contributed by atoms with Gasteiger partial charge in [0.2, 0.25) is 0 Å². The van der Waals surface area contributed by atoms with Gasteiger partial charge in [-0.15, -0.1) is 0 Å². The van der Waals surface area contributed by atoms with E-state index in [1.54, 1.807) is 32.9 Å². The van der Waals surface area contributed by atoms with Crippen molar-refractivity contribution >= 4 is 11.9 Å². The summed E-state index contributed by atoms with van der Waals surface area (Å²) in [4.78, 5) is 15.3. The smallest absolute Gasteiger partial charge is 0.407 e. The Morgan fingerprint density at radius 3 is 2.65 bits per heavy atom. The van der Waals surface area contributed by atoms with E-state index < -0.39 is 23.9 Å². The molecule has 2 atom stereocenters. The van der Waals surface area contributed by atoms with Crippen molar-refractivity contribution in [2.75, 3.05) is 12.3 Å². The Hall–Kier alpha value is -1.86. The average Bonchev–Trinajstić information content (AvgIpc) is 2.33. The molecule has 0 aliphatic carbocycles. The Bertz CT molecular complexity index is 459. The van der Waals surface area contributed by atoms with E-state index in [1.165, 1.54) is 6.07 Å². The number of hydrogen-bond acceptors (Lipinski definition) is 6. The molecule has 0 saturated heterocycles. The minimum atomic E-state index is -1.24. The van der Waals surface area contributed by atoms with Gasteiger partial charge in [0.15, 0.2) is 0 Å². The average molecular weight is 283 g/mol. The fourth-order valence-electron chi connectivity index (χ4n) is 1.44. The maximum atomic E-state index is 11.4. The molecule has 2 unspecified atom stereocenters. The van der Waals surface area contributed by atoms with Gasteiger partial charge in [-0.2, -0.15) is 0 Å². The van der Waals surface area contributed by atoms with E-state index in [4.69, 9.17) is 10.5 Å². The van der Waals surface area contributed by atoms with Gasteiger partial charge >= 0.3 is 6.09 Å². The predicted octanol–water partition coefficient (Wildman–Crippen LogP) is 0.583. The van der Waals surface area contributed by atoms with Crippen molar-refractivity contribution in [3.05, 3.63) is 23.9 Å². The van der Waals surface area contributed by atoms with Crippen LogP contribution in [0.15, 0.2) is 18.2 Å². The van der Waals surface area contributed by atoms with Gasteiger partial charge in [-0.3, -0.25) is 0 Å². The van der Waals surface area contributed by atoms with Crippen LogP contribution < -0.4 is 11.1 Å². The topological polar surface area (TPSA) is 118 Å². The quantitative estimate of drug-likeness (QED) is 0.642. The number of aliphatic hydroxyl groups excluding tert-OH is 2. The number of aliphatic hydroxyl groups is 2. The first-order valence-electron chi connectivity index (χ1n) is 6.24. The second kappa shape index (κ2) is 6.53. The summed E-state index contributed by atoms with van der Waals surface area (Å²) in [5.41, 5.74) is 5.11. The van der Waals surface area contributed by atoms with Crippen LogP contribution in [0.25, 0.3) is 0 Å². The molecule has 0 aliphatic heterocycles. The summed E-state index contributed by atoms with van der Waals surface area (Å²) in [5.74, 6) is 0.244. The summed E-state index contributed by atoms with van der Waals surface area (Å²) < 4.78 is 5.01. The van der Waals surface area contributed by atoms with Gasteiger partial charge in [0.25, 0.3) is 0 Å². The fourth-order valence-corrected chi connectivity index (χ4v) is 1.44. The van der Waals surface area contributed by atoms with Crippen LogP contribution in [-0.4, -0.2) is 39.5 Å². The van der Waals surface area contributed by atoms with Crippen LogP contribution in [-0.2, 0) is 4.74 Å². The third-order valence-corrected chi connectivity index (χ3v) is 2.31. The van der Waals surface area contributed by atoms with Crippen molar-refractivity contribution in [1.29, 1.82) is 0 Å². The van der Waals surface area contributed by atoms with Gasteiger partial charge < -0.3 is 26.0 Å². The molecule has 0 radical (unpaired) electrons. The zero-order chi connectivity index (χ0) is 15.3. The SMILES string of the molecule is CC(C)(C)OC(=O)NCC(O)C(O)c1cccc(N)n1. The van der Waals surface area contributed by atoms with Crippen LogP contribution in [0.2, 0.25) is 0 Å². The van der Waals surface area contributed by atoms with Gasteiger partial charge in [-0.1, -0.05) is 6.07 Å². The summed E-state index contributed by atoms with van der Waals surface area (Å²) in [6.45, 7) is 5.03. The summed E-state index contributed by atoms with van der Waals surface area (Å²) in [6, 6.07) is 4.73. The Morgan fingerprint density at radius 2 is 2.10 bits per heavy atom. The van der Waals surface area contributed by atoms with Gasteiger partial charge in [-0.25, -0.2) is 9.78 Å². The van der Waals surface area contributed by atoms with Gasteiger partial charge in [0.05, 0.1) is 5.69 Å². The largest absolute Gasteiger partial charge is 0.444 e. The first kappa shape index (κ1) is 16.2. The van der Waals surface area contributed by atoms with Crippen molar-refractivity contribution in [3.8, 4) is 0 Å². The Labute approximate surface area is 117 Å². The maximum absolute atomic E-state index is 11.4. The monoisotopic (exact) mass is 283 g/mol. The molecule has 0 spiro atoms. The molecule has 0 bridgehead atoms. The number of nitrogens with two attached hydrogens (primary N) is 1. The molecule has 7 nitrogen and oxygen atoms in total. The molecule has 1 heterocycles. The number of amides is 1. The highest BCUT2D eigenvalue weighted by molar-refractivity contribution is 5.67. The molecule has 1 aromatic heterocycles. The zero-order valence-electron chi connectivity index (χ0n) is 11.8. The van der Waals surface area contributed by atoms with Crippen molar-refractivity contribution < 1.29 is 19.7 Å². The molecule has 0 saturated carbocycles. The number of ether oxygens (including phenoxy) is 1. The summed E-state index contributed by atoms with van der Waals surface area (Å²) in [7, 11) is 0. The molecule has 1 rings (SSSR count). The van der Waals surface area contributed by atoms with E-state index in [0.717, 1.165) is 0 Å². The molecule has 1 amide bonds. The second-order valence-corrected chi connectivity index (χ2v) is 5.38. The highest BCUT2D eigenvalue weighted by Crippen LogP contribution is 2.15. The number of alkyl carbamates (subject to hydrolysis) is 1. The molecule has 0 aliphatic rings. The van der Waals surface area contributed by atoms with E-state index in [2.05, 4.69) is 10.3 Å². The lowest BCUT2D eigenvalue weighted by Gasteiger charge is -2.22. The summed E-state index contributed by atoms with van der Waals surface area (Å²) in [5, 5.41) is 22.1. The van der Waals surface area contributed by atoms with E-state index in [1.807, 2.05) is 0 Å². The molecule has 7 heteroatoms. The summed E-state index contributed by atoms with van der Waals surface area (Å²) in [6.07, 6.45) is -3.12. The second-order valence-electron chi connectivity index (χ2n) is 5.38. The number of aromatic nitrogens is 1. The molecule has 1 aromatic rings. The third kappa shape index (κ3) is 5.41. The normalized spacial score (nSPS) is 14.4. The molecule has 5 N–H and O–H groups in total. The van der Waals surface area contributed by atoms with E-state index >= 15 is 0 Å². The Kier molecular flexibility index (Phi) is 5.29. The first-order chi connectivity index (χ1) is 9.19. The van der Waals surface area contributed by atoms with E-state index in [0.29, 0.717) is 0 Å². The highest BCUT2D eigenvalue weighted by Gasteiger charge is 2.22. The van der Waals surface area contributed by atoms with Crippen LogP contribution >= 0.6 is 0 Å². The molecule has 0 aromatic carbocycles. The number of anilines is 1. The number of pyridine rings is 1. The molecular weight excluding hydrogens is 262 g/mol. The summed E-state index contributed by atoms with van der Waals surface area (Å²) >= 11 is 0. The van der Waals surface area contributed by atoms with Crippen LogP contribution in [0.4, 0.5) is 10.6 Å². The number of nitrogen functional groups attached to an aromatic ring is 1. The molecular formula is C13H21N3O4. The lowest BCUT2D eigenvalue weighted by molar-refractivity contribution is 0.0109. The number of hydrogen-bond donors (Lipinski definition) is 4. The van der Waals surface area contributed by atoms with Crippen LogP contribution in [0, 0.1) is 0 Å². The number of nitrogens with zero attached hydrogens (tertiary/aromatic N) is 1. The van der Waals surface area contributed by atoms with Gasteiger partial charge in [0.1, 0.15) is 23.6 Å². The third-order valence-electron chi connectivity index (χ3n) is 2.31. The zero-order valence-corrected chi connectivity index (χ0v) is 11.8. The number of carbonyl (C=O) groups is 1. The first-order valence-corrected chi connectivity index (χ1v) is 6.24. The van der Waals surface area contributed by atoms with Gasteiger partial charge in [-0.05, 0) is 32.9 Å². The minimum absolute atomic E-state index is 0.160. The van der Waals surface area contributed by atoms with E-state index in [-0.39, 0.29) is 18.1 Å². The molecule has 112 valence electrons. The van der Waals surface area contributed by atoms with Crippen LogP contribution in [0.5, 0.6) is 0 Å². The standard InChI is InChI=1S/C13H21N3O4/c1-13(2,3)20-12(19)15-7-9(17)11(18)8-5-4-6-10(14)16-8/h4-6,9,11,17-18H,7H2,1-3H3,(H2,14,16)(H,15,19). The van der Waals surface area contributed by atoms with Gasteiger partial charge in [0, 0.05) is 6.54 Å².